The molecule has 1 unspecified atom stereocenters. The van der Waals surface area contributed by atoms with Gasteiger partial charge in [0.05, 0.1) is 25.3 Å². The Morgan fingerprint density at radius 1 is 1.05 bits per heavy atom. The maximum atomic E-state index is 14.5. The maximum absolute atomic E-state index is 14.5. The number of carbonyl (C=O) groups excluding carboxylic acids is 2. The summed E-state index contributed by atoms with van der Waals surface area (Å²) in [5, 5.41) is 0.880. The molecule has 0 amide bonds. The largest absolute Gasteiger partial charge is 0.496 e. The molecule has 2 atom stereocenters. The molecule has 7 nitrogen and oxygen atoms in total. The van der Waals surface area contributed by atoms with Crippen LogP contribution in [0.2, 0.25) is 0 Å². The van der Waals surface area contributed by atoms with Gasteiger partial charge in [-0.2, -0.15) is 0 Å². The van der Waals surface area contributed by atoms with Crippen LogP contribution in [0.3, 0.4) is 0 Å². The molecule has 2 aliphatic rings. The Labute approximate surface area is 245 Å². The van der Waals surface area contributed by atoms with Crippen LogP contribution >= 0.6 is 0 Å². The normalized spacial score (nSPS) is 22.4. The zero-order chi connectivity index (χ0) is 30.4. The number of ether oxygens (including phenoxy) is 3. The highest BCUT2D eigenvalue weighted by atomic mass is 19.3. The first-order valence-corrected chi connectivity index (χ1v) is 14.5. The summed E-state index contributed by atoms with van der Waals surface area (Å²) in [7, 11) is 2.97. The molecule has 0 radical (unpaired) electrons. The number of nitrogens with zero attached hydrogens (tertiary/aromatic N) is 2. The summed E-state index contributed by atoms with van der Waals surface area (Å²) >= 11 is 0. The fourth-order valence-electron chi connectivity index (χ4n) is 6.79. The van der Waals surface area contributed by atoms with Crippen LogP contribution in [-0.4, -0.2) is 53.8 Å². The summed E-state index contributed by atoms with van der Waals surface area (Å²) in [6.07, 6.45) is 2.87. The predicted octanol–water partition coefficient (Wildman–Crippen LogP) is 7.67. The summed E-state index contributed by atoms with van der Waals surface area (Å²) in [5.74, 6) is -2.36. The minimum atomic E-state index is -2.64. The van der Waals surface area contributed by atoms with E-state index < -0.39 is 29.0 Å². The van der Waals surface area contributed by atoms with Gasteiger partial charge in [0.1, 0.15) is 11.4 Å². The summed E-state index contributed by atoms with van der Waals surface area (Å²) in [5.41, 5.74) is 2.88. The fourth-order valence-corrected chi connectivity index (χ4v) is 6.79. The van der Waals surface area contributed by atoms with Gasteiger partial charge in [0.25, 0.3) is 0 Å². The topological polar surface area (TPSA) is 70.0 Å². The van der Waals surface area contributed by atoms with Crippen molar-refractivity contribution in [3.8, 4) is 5.75 Å². The number of aromatic nitrogens is 1. The molecule has 0 N–H and O–H groups in total. The van der Waals surface area contributed by atoms with Crippen LogP contribution < -0.4 is 4.74 Å². The molecule has 1 saturated heterocycles. The number of hydrogen-bond donors (Lipinski definition) is 0. The SMILES string of the molecule is COC(=O)c1ccc([C@@H]2CC3(CCN2Cc2c(OC)cc(C)c4c2ccn4C(=O)OC(C)(C)C)CCC(F)(F)C3)cc1. The van der Waals surface area contributed by atoms with Crippen molar-refractivity contribution >= 4 is 23.0 Å². The first-order chi connectivity index (χ1) is 19.7. The number of aryl methyl sites for hydroxylation is 1. The average molecular weight is 583 g/mol. The van der Waals surface area contributed by atoms with Crippen LogP contribution in [0.4, 0.5) is 13.6 Å². The second-order valence-electron chi connectivity index (χ2n) is 12.9. The molecule has 1 saturated carbocycles. The third-order valence-electron chi connectivity index (χ3n) is 8.77. The predicted molar refractivity (Wildman–Crippen MR) is 156 cm³/mol. The monoisotopic (exact) mass is 582 g/mol. The molecule has 3 aromatic rings. The molecule has 5 rings (SSSR count). The lowest BCUT2D eigenvalue weighted by atomic mass is 9.72. The molecule has 1 aromatic heterocycles. The average Bonchev–Trinajstić information content (AvgIpc) is 3.51. The Balaban J connectivity index is 1.54. The number of piperidine rings is 1. The molecular weight excluding hydrogens is 542 g/mol. The molecule has 9 heteroatoms. The van der Waals surface area contributed by atoms with Crippen molar-refractivity contribution in [2.45, 2.75) is 83.9 Å². The Bertz CT molecular complexity index is 1490. The summed E-state index contributed by atoms with van der Waals surface area (Å²) < 4.78 is 46.9. The van der Waals surface area contributed by atoms with Crippen LogP contribution in [-0.2, 0) is 16.0 Å². The van der Waals surface area contributed by atoms with Crippen LogP contribution in [0.1, 0.15) is 86.0 Å². The number of rotatable bonds is 5. The maximum Gasteiger partial charge on any atom is 0.419 e. The molecule has 2 fully saturated rings. The number of likely N-dealkylation sites (tertiary alicyclic amines) is 1. The highest BCUT2D eigenvalue weighted by Gasteiger charge is 2.52. The second kappa shape index (κ2) is 11.0. The Morgan fingerprint density at radius 2 is 1.76 bits per heavy atom. The fraction of sp³-hybridized carbons (Fsp3) is 0.515. The lowest BCUT2D eigenvalue weighted by molar-refractivity contribution is -0.0235. The summed E-state index contributed by atoms with van der Waals surface area (Å²) in [4.78, 5) is 27.5. The van der Waals surface area contributed by atoms with Gasteiger partial charge in [-0.05, 0) is 94.3 Å². The van der Waals surface area contributed by atoms with E-state index in [-0.39, 0.29) is 18.9 Å². The second-order valence-corrected chi connectivity index (χ2v) is 12.9. The quantitative estimate of drug-likeness (QED) is 0.288. The van der Waals surface area contributed by atoms with Gasteiger partial charge in [0.15, 0.2) is 0 Å². The van der Waals surface area contributed by atoms with Crippen molar-refractivity contribution in [1.82, 2.24) is 9.47 Å². The van der Waals surface area contributed by atoms with E-state index in [1.165, 1.54) is 11.7 Å². The van der Waals surface area contributed by atoms with Crippen LogP contribution in [0.25, 0.3) is 10.9 Å². The van der Waals surface area contributed by atoms with E-state index in [2.05, 4.69) is 4.90 Å². The molecule has 1 aliphatic heterocycles. The van der Waals surface area contributed by atoms with Gasteiger partial charge in [-0.3, -0.25) is 9.47 Å². The van der Waals surface area contributed by atoms with E-state index in [0.29, 0.717) is 43.7 Å². The Morgan fingerprint density at radius 3 is 2.36 bits per heavy atom. The number of methoxy groups -OCH3 is 2. The number of halogens is 2. The lowest BCUT2D eigenvalue weighted by Crippen LogP contribution is -2.41. The van der Waals surface area contributed by atoms with Gasteiger partial charge in [0.2, 0.25) is 5.92 Å². The van der Waals surface area contributed by atoms with Crippen molar-refractivity contribution in [3.05, 3.63) is 64.8 Å². The van der Waals surface area contributed by atoms with Gasteiger partial charge >= 0.3 is 12.1 Å². The number of hydrogen-bond acceptors (Lipinski definition) is 6. The van der Waals surface area contributed by atoms with Gasteiger partial charge < -0.3 is 14.2 Å². The first kappa shape index (κ1) is 30.0. The minimum absolute atomic E-state index is 0.0778. The van der Waals surface area contributed by atoms with Gasteiger partial charge in [-0.1, -0.05) is 12.1 Å². The molecule has 226 valence electrons. The lowest BCUT2D eigenvalue weighted by Gasteiger charge is -2.45. The first-order valence-electron chi connectivity index (χ1n) is 14.5. The van der Waals surface area contributed by atoms with Crippen LogP contribution in [0.15, 0.2) is 42.6 Å². The number of fused-ring (bicyclic) bond motifs is 1. The minimum Gasteiger partial charge on any atom is -0.496 e. The Kier molecular flexibility index (Phi) is 7.85. The Hall–Kier alpha value is -3.46. The molecule has 2 aromatic carbocycles. The molecule has 1 spiro atoms. The van der Waals surface area contributed by atoms with E-state index in [0.717, 1.165) is 27.6 Å². The zero-order valence-corrected chi connectivity index (χ0v) is 25.3. The van der Waals surface area contributed by atoms with Gasteiger partial charge in [0, 0.05) is 42.6 Å². The van der Waals surface area contributed by atoms with E-state index in [1.807, 2.05) is 52.0 Å². The van der Waals surface area contributed by atoms with Crippen LogP contribution in [0.5, 0.6) is 5.75 Å². The van der Waals surface area contributed by atoms with Crippen molar-refractivity contribution in [3.63, 3.8) is 0 Å². The highest BCUT2D eigenvalue weighted by Crippen LogP contribution is 2.56. The summed E-state index contributed by atoms with van der Waals surface area (Å²) in [6.45, 7) is 8.56. The molecular formula is C33H40F2N2O5. The van der Waals surface area contributed by atoms with E-state index in [9.17, 15) is 18.4 Å². The third-order valence-corrected chi connectivity index (χ3v) is 8.77. The molecule has 1 aliphatic carbocycles. The molecule has 42 heavy (non-hydrogen) atoms. The smallest absolute Gasteiger partial charge is 0.419 e. The van der Waals surface area contributed by atoms with Crippen molar-refractivity contribution in [2.24, 2.45) is 5.41 Å². The standard InChI is InChI=1S/C33H40F2N2O5/c1-21-17-27(40-5)25(24-11-15-37(28(21)24)30(39)42-31(2,3)4)19-36-16-14-32(12-13-33(34,35)20-32)18-26(36)22-7-9-23(10-8-22)29(38)41-6/h7-11,15,17,26H,12-14,16,18-20H2,1-6H3/t26-,32?/m0/s1. The zero-order valence-electron chi connectivity index (χ0n) is 25.3. The summed E-state index contributed by atoms with van der Waals surface area (Å²) in [6, 6.07) is 11.0. The molecule has 0 bridgehead atoms. The number of carbonyl (C=O) groups is 2. The number of alkyl halides is 2. The van der Waals surface area contributed by atoms with E-state index in [1.54, 1.807) is 25.4 Å². The van der Waals surface area contributed by atoms with E-state index >= 15 is 0 Å². The third kappa shape index (κ3) is 5.89. The van der Waals surface area contributed by atoms with E-state index in [4.69, 9.17) is 14.2 Å². The van der Waals surface area contributed by atoms with Crippen molar-refractivity contribution < 1.29 is 32.6 Å². The van der Waals surface area contributed by atoms with Gasteiger partial charge in [-0.25, -0.2) is 18.4 Å². The molecule has 2 heterocycles. The number of benzene rings is 2. The van der Waals surface area contributed by atoms with Crippen LogP contribution in [0, 0.1) is 12.3 Å². The van der Waals surface area contributed by atoms with Gasteiger partial charge in [-0.15, -0.1) is 0 Å². The number of esters is 1. The van der Waals surface area contributed by atoms with Crippen molar-refractivity contribution in [1.29, 1.82) is 0 Å². The van der Waals surface area contributed by atoms with Crippen molar-refractivity contribution in [2.75, 3.05) is 20.8 Å². The highest BCUT2D eigenvalue weighted by molar-refractivity contribution is 5.95.